The summed E-state index contributed by atoms with van der Waals surface area (Å²) in [4.78, 5) is 22.9. The number of carbonyl (C=O) groups is 1. The highest BCUT2D eigenvalue weighted by Gasteiger charge is 2.33. The Balaban J connectivity index is 1.59. The fraction of sp³-hybridized carbons (Fsp3) is 0.650. The van der Waals surface area contributed by atoms with Gasteiger partial charge in [-0.15, -0.1) is 0 Å². The van der Waals surface area contributed by atoms with Gasteiger partial charge in [0, 0.05) is 37.7 Å². The summed E-state index contributed by atoms with van der Waals surface area (Å²) in [6, 6.07) is 3.88. The number of nitrogens with zero attached hydrogens (tertiary/aromatic N) is 2. The number of sulfonamides is 1. The maximum atomic E-state index is 13.0. The topological polar surface area (TPSA) is 110 Å². The van der Waals surface area contributed by atoms with E-state index in [9.17, 15) is 23.3 Å². The molecule has 1 N–H and O–H groups in total. The fourth-order valence-electron chi connectivity index (χ4n) is 4.26. The molecule has 0 unspecified atom stereocenters. The zero-order valence-electron chi connectivity index (χ0n) is 16.8. The van der Waals surface area contributed by atoms with Gasteiger partial charge in [-0.2, -0.15) is 4.31 Å². The van der Waals surface area contributed by atoms with E-state index in [4.69, 9.17) is 0 Å². The number of nitro benzene ring substituents is 1. The summed E-state index contributed by atoms with van der Waals surface area (Å²) in [6.45, 7) is 2.82. The maximum absolute atomic E-state index is 13.0. The number of piperidine rings is 1. The van der Waals surface area contributed by atoms with Gasteiger partial charge in [-0.3, -0.25) is 14.9 Å². The van der Waals surface area contributed by atoms with Gasteiger partial charge in [0.15, 0.2) is 0 Å². The first-order chi connectivity index (χ1) is 13.8. The van der Waals surface area contributed by atoms with Crippen LogP contribution in [0, 0.1) is 28.9 Å². The van der Waals surface area contributed by atoms with E-state index in [2.05, 4.69) is 5.32 Å². The van der Waals surface area contributed by atoms with Gasteiger partial charge in [0.1, 0.15) is 0 Å². The molecule has 0 aromatic heterocycles. The Morgan fingerprint density at radius 3 is 2.45 bits per heavy atom. The Morgan fingerprint density at radius 1 is 1.17 bits per heavy atom. The molecule has 1 amide bonds. The molecular weight excluding hydrogens is 394 g/mol. The molecule has 0 bridgehead atoms. The minimum Gasteiger partial charge on any atom is -0.356 e. The molecular formula is C20H29N3O5S. The number of carbonyl (C=O) groups excluding carboxylic acids is 1. The summed E-state index contributed by atoms with van der Waals surface area (Å²) in [5.41, 5.74) is 0.231. The van der Waals surface area contributed by atoms with Crippen LogP contribution in [0.1, 0.15) is 50.5 Å². The highest BCUT2D eigenvalue weighted by molar-refractivity contribution is 7.89. The number of hydrogen-bond donors (Lipinski definition) is 1. The van der Waals surface area contributed by atoms with Crippen LogP contribution in [0.2, 0.25) is 0 Å². The first kappa shape index (κ1) is 21.7. The quantitative estimate of drug-likeness (QED) is 0.559. The van der Waals surface area contributed by atoms with E-state index in [0.29, 0.717) is 30.9 Å². The highest BCUT2D eigenvalue weighted by atomic mass is 32.2. The van der Waals surface area contributed by atoms with Crippen LogP contribution in [0.3, 0.4) is 0 Å². The maximum Gasteiger partial charge on any atom is 0.270 e. The van der Waals surface area contributed by atoms with Crippen LogP contribution in [0.5, 0.6) is 0 Å². The molecule has 1 aromatic carbocycles. The van der Waals surface area contributed by atoms with Gasteiger partial charge in [-0.05, 0) is 44.1 Å². The van der Waals surface area contributed by atoms with Crippen LogP contribution in [0.25, 0.3) is 0 Å². The molecule has 3 rings (SSSR count). The van der Waals surface area contributed by atoms with Gasteiger partial charge >= 0.3 is 0 Å². The van der Waals surface area contributed by atoms with Gasteiger partial charge in [-0.25, -0.2) is 8.42 Å². The van der Waals surface area contributed by atoms with E-state index in [0.717, 1.165) is 6.07 Å². The molecule has 0 atom stereocenters. The van der Waals surface area contributed by atoms with E-state index in [1.807, 2.05) is 0 Å². The Bertz CT molecular complexity index is 857. The largest absolute Gasteiger partial charge is 0.356 e. The van der Waals surface area contributed by atoms with Crippen LogP contribution in [-0.4, -0.2) is 43.2 Å². The van der Waals surface area contributed by atoms with Crippen molar-refractivity contribution in [1.82, 2.24) is 9.62 Å². The van der Waals surface area contributed by atoms with Crippen molar-refractivity contribution in [3.8, 4) is 0 Å². The summed E-state index contributed by atoms with van der Waals surface area (Å²) >= 11 is 0. The second-order valence-electron chi connectivity index (χ2n) is 8.13. The number of nitrogens with one attached hydrogen (secondary N) is 1. The average molecular weight is 424 g/mol. The monoisotopic (exact) mass is 423 g/mol. The lowest BCUT2D eigenvalue weighted by atomic mass is 9.89. The molecule has 1 saturated carbocycles. The van der Waals surface area contributed by atoms with E-state index in [1.54, 1.807) is 6.92 Å². The third-order valence-electron chi connectivity index (χ3n) is 6.11. The summed E-state index contributed by atoms with van der Waals surface area (Å²) in [6.07, 6.45) is 7.00. The number of benzene rings is 1. The molecule has 1 aromatic rings. The molecule has 0 spiro atoms. The summed E-state index contributed by atoms with van der Waals surface area (Å²) in [5.74, 6) is 0.389. The molecule has 1 aliphatic carbocycles. The zero-order chi connectivity index (χ0) is 21.0. The SMILES string of the molecule is Cc1ccc([N+](=O)[O-])cc1S(=O)(=O)N1CCC(C(=O)NCC2CCCCC2)CC1. The predicted molar refractivity (Wildman–Crippen MR) is 109 cm³/mol. The second kappa shape index (κ2) is 9.21. The summed E-state index contributed by atoms with van der Waals surface area (Å²) in [7, 11) is -3.83. The van der Waals surface area contributed by atoms with Gasteiger partial charge in [0.05, 0.1) is 9.82 Å². The fourth-order valence-corrected chi connectivity index (χ4v) is 5.97. The third kappa shape index (κ3) is 5.14. The molecule has 160 valence electrons. The van der Waals surface area contributed by atoms with E-state index < -0.39 is 14.9 Å². The van der Waals surface area contributed by atoms with Crippen LogP contribution >= 0.6 is 0 Å². The molecule has 1 heterocycles. The average Bonchev–Trinajstić information content (AvgIpc) is 2.73. The second-order valence-corrected chi connectivity index (χ2v) is 10.0. The van der Waals surface area contributed by atoms with Gasteiger partial charge < -0.3 is 5.32 Å². The Hall–Kier alpha value is -2.00. The van der Waals surface area contributed by atoms with Gasteiger partial charge in [0.25, 0.3) is 5.69 Å². The van der Waals surface area contributed by atoms with Gasteiger partial charge in [-0.1, -0.05) is 25.3 Å². The summed E-state index contributed by atoms with van der Waals surface area (Å²) < 4.78 is 27.3. The van der Waals surface area contributed by atoms with Crippen LogP contribution in [0.4, 0.5) is 5.69 Å². The highest BCUT2D eigenvalue weighted by Crippen LogP contribution is 2.28. The Morgan fingerprint density at radius 2 is 1.83 bits per heavy atom. The lowest BCUT2D eigenvalue weighted by molar-refractivity contribution is -0.385. The van der Waals surface area contributed by atoms with Crippen molar-refractivity contribution in [3.63, 3.8) is 0 Å². The zero-order valence-corrected chi connectivity index (χ0v) is 17.6. The van der Waals surface area contributed by atoms with Crippen molar-refractivity contribution in [2.75, 3.05) is 19.6 Å². The molecule has 2 aliphatic rings. The summed E-state index contributed by atoms with van der Waals surface area (Å²) in [5, 5.41) is 14.1. The normalized spacial score (nSPS) is 19.8. The van der Waals surface area contributed by atoms with Crippen LogP contribution < -0.4 is 5.32 Å². The number of aryl methyl sites for hydroxylation is 1. The molecule has 29 heavy (non-hydrogen) atoms. The molecule has 1 aliphatic heterocycles. The Kier molecular flexibility index (Phi) is 6.89. The minimum absolute atomic E-state index is 0.0131. The van der Waals surface area contributed by atoms with E-state index in [-0.39, 0.29) is 35.5 Å². The molecule has 9 heteroatoms. The van der Waals surface area contributed by atoms with Crippen LogP contribution in [0.15, 0.2) is 23.1 Å². The standard InChI is InChI=1S/C20H29N3O5S/c1-15-7-8-18(23(25)26)13-19(15)29(27,28)22-11-9-17(10-12-22)20(24)21-14-16-5-3-2-4-6-16/h7-8,13,16-17H,2-6,9-12,14H2,1H3,(H,21,24). The first-order valence-corrected chi connectivity index (χ1v) is 11.8. The Labute approximate surface area is 171 Å². The smallest absolute Gasteiger partial charge is 0.270 e. The number of amides is 1. The number of nitro groups is 1. The third-order valence-corrected chi connectivity index (χ3v) is 8.16. The lowest BCUT2D eigenvalue weighted by Gasteiger charge is -2.31. The van der Waals surface area contributed by atoms with Crippen molar-refractivity contribution in [2.45, 2.75) is 56.8 Å². The van der Waals surface area contributed by atoms with E-state index >= 15 is 0 Å². The molecule has 8 nitrogen and oxygen atoms in total. The van der Waals surface area contributed by atoms with E-state index in [1.165, 1.54) is 48.5 Å². The minimum atomic E-state index is -3.83. The molecule has 2 fully saturated rings. The molecule has 0 radical (unpaired) electrons. The van der Waals surface area contributed by atoms with Crippen molar-refractivity contribution in [3.05, 3.63) is 33.9 Å². The molecule has 1 saturated heterocycles. The lowest BCUT2D eigenvalue weighted by Crippen LogP contribution is -2.44. The number of non-ortho nitro benzene ring substituents is 1. The first-order valence-electron chi connectivity index (χ1n) is 10.3. The number of hydrogen-bond acceptors (Lipinski definition) is 5. The van der Waals surface area contributed by atoms with Crippen molar-refractivity contribution in [1.29, 1.82) is 0 Å². The predicted octanol–water partition coefficient (Wildman–Crippen LogP) is 3.00. The van der Waals surface area contributed by atoms with Crippen molar-refractivity contribution < 1.29 is 18.1 Å². The van der Waals surface area contributed by atoms with Crippen molar-refractivity contribution >= 4 is 21.6 Å². The van der Waals surface area contributed by atoms with Crippen molar-refractivity contribution in [2.24, 2.45) is 11.8 Å². The number of rotatable bonds is 6. The van der Waals surface area contributed by atoms with Gasteiger partial charge in [0.2, 0.25) is 15.9 Å². The van der Waals surface area contributed by atoms with Crippen LogP contribution in [-0.2, 0) is 14.8 Å².